The van der Waals surface area contributed by atoms with Gasteiger partial charge in [0.2, 0.25) is 11.8 Å². The fourth-order valence-corrected chi connectivity index (χ4v) is 5.59. The van der Waals surface area contributed by atoms with Gasteiger partial charge in [0.15, 0.2) is 0 Å². The van der Waals surface area contributed by atoms with Crippen LogP contribution in [0.5, 0.6) is 0 Å². The molecule has 1 N–H and O–H groups in total. The molecule has 7 nitrogen and oxygen atoms in total. The van der Waals surface area contributed by atoms with Crippen molar-refractivity contribution in [1.82, 2.24) is 10.2 Å². The molecule has 3 rings (SSSR count). The maximum Gasteiger partial charge on any atom is 0.264 e. The Morgan fingerprint density at radius 2 is 1.56 bits per heavy atom. The number of hydrogen-bond acceptors (Lipinski definition) is 4. The molecule has 2 amide bonds. The summed E-state index contributed by atoms with van der Waals surface area (Å²) < 4.78 is 42.2. The predicted octanol–water partition coefficient (Wildman–Crippen LogP) is 5.05. The predicted molar refractivity (Wildman–Crippen MR) is 151 cm³/mol. The van der Waals surface area contributed by atoms with Crippen LogP contribution in [0.2, 0.25) is 0 Å². The van der Waals surface area contributed by atoms with Gasteiger partial charge < -0.3 is 10.2 Å². The first-order chi connectivity index (χ1) is 18.7. The number of sulfonamides is 1. The number of rotatable bonds is 13. The minimum atomic E-state index is -4.11. The molecule has 0 fully saturated rings. The van der Waals surface area contributed by atoms with E-state index >= 15 is 0 Å². The Bertz CT molecular complexity index is 1330. The van der Waals surface area contributed by atoms with E-state index in [0.29, 0.717) is 24.2 Å². The van der Waals surface area contributed by atoms with Crippen LogP contribution < -0.4 is 9.62 Å². The number of amides is 2. The van der Waals surface area contributed by atoms with Crippen molar-refractivity contribution < 1.29 is 22.4 Å². The minimum Gasteiger partial charge on any atom is -0.354 e. The zero-order chi connectivity index (χ0) is 28.4. The van der Waals surface area contributed by atoms with Crippen molar-refractivity contribution in [2.24, 2.45) is 0 Å². The molecule has 0 aliphatic carbocycles. The van der Waals surface area contributed by atoms with Gasteiger partial charge in [0.1, 0.15) is 18.4 Å². The lowest BCUT2D eigenvalue weighted by molar-refractivity contribution is -0.140. The maximum atomic E-state index is 13.9. The van der Waals surface area contributed by atoms with Crippen molar-refractivity contribution in [2.75, 3.05) is 17.4 Å². The van der Waals surface area contributed by atoms with Gasteiger partial charge in [-0.15, -0.1) is 0 Å². The van der Waals surface area contributed by atoms with Crippen molar-refractivity contribution in [3.05, 3.63) is 95.8 Å². The van der Waals surface area contributed by atoms with E-state index < -0.39 is 34.3 Å². The highest BCUT2D eigenvalue weighted by atomic mass is 32.2. The zero-order valence-electron chi connectivity index (χ0n) is 22.6. The van der Waals surface area contributed by atoms with Crippen LogP contribution in [0.25, 0.3) is 0 Å². The third-order valence-electron chi connectivity index (χ3n) is 6.41. The number of para-hydroxylation sites is 1. The maximum absolute atomic E-state index is 13.9. The van der Waals surface area contributed by atoms with Gasteiger partial charge in [0.05, 0.1) is 10.6 Å². The molecule has 39 heavy (non-hydrogen) atoms. The molecule has 0 bridgehead atoms. The van der Waals surface area contributed by atoms with Crippen molar-refractivity contribution in [3.8, 4) is 0 Å². The average Bonchev–Trinajstić information content (AvgIpc) is 2.93. The number of carbonyl (C=O) groups is 2. The fraction of sp³-hybridized carbons (Fsp3) is 0.333. The molecule has 0 aliphatic rings. The molecular weight excluding hydrogens is 517 g/mol. The highest BCUT2D eigenvalue weighted by Gasteiger charge is 2.33. The molecule has 0 saturated heterocycles. The molecular formula is C30H36FN3O4S. The molecule has 1 unspecified atom stereocenters. The number of benzene rings is 3. The van der Waals surface area contributed by atoms with Crippen LogP contribution in [0.15, 0.2) is 83.8 Å². The second kappa shape index (κ2) is 13.9. The minimum absolute atomic E-state index is 0.0199. The van der Waals surface area contributed by atoms with Crippen LogP contribution in [0.3, 0.4) is 0 Å². The molecule has 0 spiro atoms. The number of nitrogens with one attached hydrogen (secondary N) is 1. The topological polar surface area (TPSA) is 86.8 Å². The Morgan fingerprint density at radius 1 is 0.923 bits per heavy atom. The van der Waals surface area contributed by atoms with Gasteiger partial charge in [-0.3, -0.25) is 13.9 Å². The molecule has 0 saturated carbocycles. The first kappa shape index (κ1) is 29.8. The molecule has 9 heteroatoms. The first-order valence-electron chi connectivity index (χ1n) is 13.1. The molecule has 0 aliphatic heterocycles. The Balaban J connectivity index is 2.00. The third kappa shape index (κ3) is 7.89. The van der Waals surface area contributed by atoms with Gasteiger partial charge in [-0.2, -0.15) is 0 Å². The average molecular weight is 554 g/mol. The number of carbonyl (C=O) groups excluding carboxylic acids is 2. The second-order valence-electron chi connectivity index (χ2n) is 9.38. The van der Waals surface area contributed by atoms with Gasteiger partial charge in [-0.1, -0.05) is 68.3 Å². The van der Waals surface area contributed by atoms with Gasteiger partial charge in [-0.25, -0.2) is 12.8 Å². The van der Waals surface area contributed by atoms with E-state index in [1.54, 1.807) is 61.5 Å². The summed E-state index contributed by atoms with van der Waals surface area (Å²) in [5.41, 5.74) is 1.85. The molecule has 1 atom stereocenters. The summed E-state index contributed by atoms with van der Waals surface area (Å²) in [6, 6.07) is 19.7. The second-order valence-corrected chi connectivity index (χ2v) is 11.2. The van der Waals surface area contributed by atoms with Crippen LogP contribution in [0.1, 0.15) is 44.2 Å². The van der Waals surface area contributed by atoms with E-state index in [9.17, 15) is 22.4 Å². The van der Waals surface area contributed by atoms with Crippen molar-refractivity contribution in [1.29, 1.82) is 0 Å². The normalized spacial score (nSPS) is 12.0. The van der Waals surface area contributed by atoms with Crippen LogP contribution in [-0.4, -0.2) is 44.3 Å². The Hall–Kier alpha value is -3.72. The molecule has 3 aromatic carbocycles. The van der Waals surface area contributed by atoms with Crippen LogP contribution >= 0.6 is 0 Å². The summed E-state index contributed by atoms with van der Waals surface area (Å²) in [4.78, 5) is 28.5. The summed E-state index contributed by atoms with van der Waals surface area (Å²) in [6.07, 6.45) is 2.02. The molecule has 208 valence electrons. The van der Waals surface area contributed by atoms with E-state index in [2.05, 4.69) is 5.32 Å². The SMILES string of the molecule is CCCCNC(=O)C(CC)N(Cc1ccc(F)cc1)C(=O)CN(c1ccccc1)S(=O)(=O)c1ccc(C)cc1. The molecule has 0 radical (unpaired) electrons. The lowest BCUT2D eigenvalue weighted by Crippen LogP contribution is -2.52. The van der Waals surface area contributed by atoms with Crippen LogP contribution in [-0.2, 0) is 26.2 Å². The third-order valence-corrected chi connectivity index (χ3v) is 8.20. The van der Waals surface area contributed by atoms with E-state index in [0.717, 1.165) is 22.7 Å². The van der Waals surface area contributed by atoms with Crippen LogP contribution in [0.4, 0.5) is 10.1 Å². The monoisotopic (exact) mass is 553 g/mol. The summed E-state index contributed by atoms with van der Waals surface area (Å²) in [6.45, 7) is 5.65. The molecule has 0 heterocycles. The highest BCUT2D eigenvalue weighted by molar-refractivity contribution is 7.92. The Morgan fingerprint density at radius 3 is 2.15 bits per heavy atom. The Labute approximate surface area is 230 Å². The first-order valence-corrected chi connectivity index (χ1v) is 14.6. The van der Waals surface area contributed by atoms with E-state index in [4.69, 9.17) is 0 Å². The lowest BCUT2D eigenvalue weighted by Gasteiger charge is -2.33. The Kier molecular flexibility index (Phi) is 10.6. The van der Waals surface area contributed by atoms with Gasteiger partial charge in [0, 0.05) is 13.1 Å². The number of aryl methyl sites for hydroxylation is 1. The summed E-state index contributed by atoms with van der Waals surface area (Å²) >= 11 is 0. The largest absolute Gasteiger partial charge is 0.354 e. The van der Waals surface area contributed by atoms with Crippen molar-refractivity contribution in [2.45, 2.75) is 57.5 Å². The smallest absolute Gasteiger partial charge is 0.264 e. The summed E-state index contributed by atoms with van der Waals surface area (Å²) in [5, 5.41) is 2.89. The number of nitrogens with zero attached hydrogens (tertiary/aromatic N) is 2. The van der Waals surface area contributed by atoms with Crippen molar-refractivity contribution in [3.63, 3.8) is 0 Å². The standard InChI is InChI=1S/C30H36FN3O4S/c1-4-6-20-32-30(36)28(5-2)33(21-24-14-16-25(31)17-15-24)29(35)22-34(26-10-8-7-9-11-26)39(37,38)27-18-12-23(3)13-19-27/h7-19,28H,4-6,20-22H2,1-3H3,(H,32,36). The van der Waals surface area contributed by atoms with Gasteiger partial charge in [-0.05, 0) is 61.7 Å². The van der Waals surface area contributed by atoms with Crippen LogP contribution in [0, 0.1) is 12.7 Å². The molecule has 0 aromatic heterocycles. The number of unbranched alkanes of at least 4 members (excludes halogenated alkanes) is 1. The summed E-state index contributed by atoms with van der Waals surface area (Å²) in [5.74, 6) is -1.27. The molecule has 3 aromatic rings. The van der Waals surface area contributed by atoms with E-state index in [1.165, 1.54) is 29.2 Å². The van der Waals surface area contributed by atoms with Gasteiger partial charge in [0.25, 0.3) is 10.0 Å². The van der Waals surface area contributed by atoms with E-state index in [-0.39, 0.29) is 17.3 Å². The lowest BCUT2D eigenvalue weighted by atomic mass is 10.1. The number of hydrogen-bond donors (Lipinski definition) is 1. The number of anilines is 1. The zero-order valence-corrected chi connectivity index (χ0v) is 23.5. The van der Waals surface area contributed by atoms with Gasteiger partial charge >= 0.3 is 0 Å². The summed E-state index contributed by atoms with van der Waals surface area (Å²) in [7, 11) is -4.11. The quantitative estimate of drug-likeness (QED) is 0.300. The number of halogens is 1. The van der Waals surface area contributed by atoms with Crippen molar-refractivity contribution >= 4 is 27.5 Å². The highest BCUT2D eigenvalue weighted by Crippen LogP contribution is 2.25. The van der Waals surface area contributed by atoms with E-state index in [1.807, 2.05) is 13.8 Å². The fourth-order valence-electron chi connectivity index (χ4n) is 4.17.